The highest BCUT2D eigenvalue weighted by molar-refractivity contribution is 5.65. The summed E-state index contributed by atoms with van der Waals surface area (Å²) in [4.78, 5) is 11.7. The minimum Gasteiger partial charge on any atom is -0.378 e. The zero-order valence-electron chi connectivity index (χ0n) is 14.0. The average Bonchev–Trinajstić information content (AvgIpc) is 2.55. The van der Waals surface area contributed by atoms with Crippen LogP contribution < -0.4 is 10.2 Å². The van der Waals surface area contributed by atoms with Crippen molar-refractivity contribution in [2.45, 2.75) is 26.3 Å². The van der Waals surface area contributed by atoms with Crippen LogP contribution in [0, 0.1) is 0 Å². The highest BCUT2D eigenvalue weighted by Crippen LogP contribution is 2.25. The number of ether oxygens (including phenoxy) is 1. The van der Waals surface area contributed by atoms with Gasteiger partial charge in [0.15, 0.2) is 0 Å². The Morgan fingerprint density at radius 1 is 1.04 bits per heavy atom. The molecule has 2 aromatic rings. The van der Waals surface area contributed by atoms with Crippen molar-refractivity contribution in [3.63, 3.8) is 0 Å². The average molecular weight is 312 g/mol. The summed E-state index contributed by atoms with van der Waals surface area (Å²) in [6.07, 6.45) is 0. The van der Waals surface area contributed by atoms with Gasteiger partial charge >= 0.3 is 0 Å². The molecule has 0 amide bonds. The molecule has 1 aromatic heterocycles. The first-order valence-corrected chi connectivity index (χ1v) is 8.07. The fourth-order valence-corrected chi connectivity index (χ4v) is 2.54. The third-order valence-electron chi connectivity index (χ3n) is 3.60. The maximum absolute atomic E-state index is 5.45. The minimum absolute atomic E-state index is 0.0857. The highest BCUT2D eigenvalue weighted by atomic mass is 16.5. The summed E-state index contributed by atoms with van der Waals surface area (Å²) in [6, 6.07) is 12.3. The number of rotatable bonds is 3. The normalized spacial score (nSPS) is 15.5. The summed E-state index contributed by atoms with van der Waals surface area (Å²) in [6.45, 7) is 9.54. The van der Waals surface area contributed by atoms with Crippen molar-refractivity contribution in [1.82, 2.24) is 9.97 Å². The lowest BCUT2D eigenvalue weighted by molar-refractivity contribution is 0.122. The van der Waals surface area contributed by atoms with E-state index in [0.29, 0.717) is 5.95 Å². The van der Waals surface area contributed by atoms with E-state index in [1.165, 1.54) is 0 Å². The molecule has 23 heavy (non-hydrogen) atoms. The molecular formula is C18H24N4O. The monoisotopic (exact) mass is 312 g/mol. The molecule has 5 nitrogen and oxygen atoms in total. The van der Waals surface area contributed by atoms with Crippen LogP contribution in [0.25, 0.3) is 11.3 Å². The van der Waals surface area contributed by atoms with Crippen molar-refractivity contribution in [2.24, 2.45) is 0 Å². The van der Waals surface area contributed by atoms with E-state index in [0.717, 1.165) is 43.4 Å². The maximum atomic E-state index is 5.45. The number of anilines is 2. The van der Waals surface area contributed by atoms with Crippen molar-refractivity contribution in [3.8, 4) is 11.3 Å². The van der Waals surface area contributed by atoms with Crippen molar-refractivity contribution in [1.29, 1.82) is 0 Å². The quantitative estimate of drug-likeness (QED) is 0.943. The van der Waals surface area contributed by atoms with Gasteiger partial charge in [-0.25, -0.2) is 4.98 Å². The fourth-order valence-electron chi connectivity index (χ4n) is 2.54. The molecule has 3 rings (SSSR count). The van der Waals surface area contributed by atoms with Crippen LogP contribution in [0.5, 0.6) is 0 Å². The second-order valence-electron chi connectivity index (χ2n) is 6.78. The Bertz CT molecular complexity index is 646. The van der Waals surface area contributed by atoms with Crippen LogP contribution in [-0.4, -0.2) is 41.8 Å². The first-order chi connectivity index (χ1) is 11.0. The molecule has 122 valence electrons. The molecular weight excluding hydrogens is 288 g/mol. The third-order valence-corrected chi connectivity index (χ3v) is 3.60. The Morgan fingerprint density at radius 3 is 2.39 bits per heavy atom. The lowest BCUT2D eigenvalue weighted by Crippen LogP contribution is -2.37. The summed E-state index contributed by atoms with van der Waals surface area (Å²) in [5.41, 5.74) is 1.95. The predicted octanol–water partition coefficient (Wildman–Crippen LogP) is 3.19. The molecule has 0 saturated carbocycles. The van der Waals surface area contributed by atoms with Gasteiger partial charge in [-0.1, -0.05) is 30.3 Å². The van der Waals surface area contributed by atoms with Crippen molar-refractivity contribution in [2.75, 3.05) is 36.5 Å². The highest BCUT2D eigenvalue weighted by Gasteiger charge is 2.18. The summed E-state index contributed by atoms with van der Waals surface area (Å²) in [7, 11) is 0. The third kappa shape index (κ3) is 4.20. The standard InChI is InChI=1S/C18H24N4O/c1-18(2,3)21-17-19-15(14-7-5-4-6-8-14)13-16(20-17)22-9-11-23-12-10-22/h4-8,13H,9-12H2,1-3H3,(H,19,20,21). The number of hydrogen-bond acceptors (Lipinski definition) is 5. The first kappa shape index (κ1) is 15.7. The predicted molar refractivity (Wildman–Crippen MR) is 93.9 cm³/mol. The summed E-state index contributed by atoms with van der Waals surface area (Å²) in [5, 5.41) is 3.39. The van der Waals surface area contributed by atoms with Crippen molar-refractivity contribution < 1.29 is 4.74 Å². The van der Waals surface area contributed by atoms with Gasteiger partial charge in [-0.15, -0.1) is 0 Å². The molecule has 1 fully saturated rings. The molecule has 0 spiro atoms. The van der Waals surface area contributed by atoms with Gasteiger partial charge in [0.2, 0.25) is 5.95 Å². The minimum atomic E-state index is -0.0857. The van der Waals surface area contributed by atoms with Crippen LogP contribution in [0.3, 0.4) is 0 Å². The van der Waals surface area contributed by atoms with E-state index in [2.05, 4.69) is 49.2 Å². The molecule has 5 heteroatoms. The SMILES string of the molecule is CC(C)(C)Nc1nc(-c2ccccc2)cc(N2CCOCC2)n1. The van der Waals surface area contributed by atoms with Crippen LogP contribution >= 0.6 is 0 Å². The number of hydrogen-bond donors (Lipinski definition) is 1. The van der Waals surface area contributed by atoms with E-state index in [4.69, 9.17) is 14.7 Å². The lowest BCUT2D eigenvalue weighted by atomic mass is 10.1. The number of nitrogens with one attached hydrogen (secondary N) is 1. The number of aromatic nitrogens is 2. The molecule has 0 aliphatic carbocycles. The van der Waals surface area contributed by atoms with E-state index in [1.807, 2.05) is 18.2 Å². The molecule has 0 atom stereocenters. The van der Waals surface area contributed by atoms with E-state index in [9.17, 15) is 0 Å². The van der Waals surface area contributed by atoms with Gasteiger partial charge < -0.3 is 15.0 Å². The number of morpholine rings is 1. The Kier molecular flexibility index (Phi) is 4.48. The second-order valence-corrected chi connectivity index (χ2v) is 6.78. The van der Waals surface area contributed by atoms with Gasteiger partial charge in [0.05, 0.1) is 18.9 Å². The molecule has 2 heterocycles. The topological polar surface area (TPSA) is 50.3 Å². The lowest BCUT2D eigenvalue weighted by Gasteiger charge is -2.29. The van der Waals surface area contributed by atoms with Gasteiger partial charge in [-0.2, -0.15) is 4.98 Å². The fraction of sp³-hybridized carbons (Fsp3) is 0.444. The molecule has 0 bridgehead atoms. The van der Waals surface area contributed by atoms with Gasteiger partial charge in [0.1, 0.15) is 5.82 Å². The van der Waals surface area contributed by atoms with Crippen LogP contribution in [0.1, 0.15) is 20.8 Å². The molecule has 0 unspecified atom stereocenters. The van der Waals surface area contributed by atoms with Gasteiger partial charge in [-0.05, 0) is 20.8 Å². The smallest absolute Gasteiger partial charge is 0.225 e. The summed E-state index contributed by atoms with van der Waals surface area (Å²) in [5.74, 6) is 1.62. The number of nitrogens with zero attached hydrogens (tertiary/aromatic N) is 3. The second kappa shape index (κ2) is 6.54. The Balaban J connectivity index is 1.99. The first-order valence-electron chi connectivity index (χ1n) is 8.07. The molecule has 1 N–H and O–H groups in total. The van der Waals surface area contributed by atoms with Crippen molar-refractivity contribution >= 4 is 11.8 Å². The Morgan fingerprint density at radius 2 is 1.74 bits per heavy atom. The molecule has 1 aliphatic rings. The largest absolute Gasteiger partial charge is 0.378 e. The Labute approximate surface area is 137 Å². The zero-order chi connectivity index (χ0) is 16.3. The van der Waals surface area contributed by atoms with Gasteiger partial charge in [-0.3, -0.25) is 0 Å². The van der Waals surface area contributed by atoms with Crippen LogP contribution in [-0.2, 0) is 4.74 Å². The molecule has 1 aliphatic heterocycles. The van der Waals surface area contributed by atoms with E-state index >= 15 is 0 Å². The van der Waals surface area contributed by atoms with Crippen molar-refractivity contribution in [3.05, 3.63) is 36.4 Å². The van der Waals surface area contributed by atoms with E-state index < -0.39 is 0 Å². The van der Waals surface area contributed by atoms with Crippen LogP contribution in [0.2, 0.25) is 0 Å². The maximum Gasteiger partial charge on any atom is 0.225 e. The Hall–Kier alpha value is -2.14. The summed E-state index contributed by atoms with van der Waals surface area (Å²) >= 11 is 0. The van der Waals surface area contributed by atoms with Gasteiger partial charge in [0.25, 0.3) is 0 Å². The van der Waals surface area contributed by atoms with E-state index in [1.54, 1.807) is 0 Å². The van der Waals surface area contributed by atoms with E-state index in [-0.39, 0.29) is 5.54 Å². The molecule has 1 saturated heterocycles. The summed E-state index contributed by atoms with van der Waals surface area (Å²) < 4.78 is 5.45. The zero-order valence-corrected chi connectivity index (χ0v) is 14.0. The molecule has 0 radical (unpaired) electrons. The molecule has 1 aromatic carbocycles. The van der Waals surface area contributed by atoms with Crippen LogP contribution in [0.15, 0.2) is 36.4 Å². The van der Waals surface area contributed by atoms with Crippen LogP contribution in [0.4, 0.5) is 11.8 Å². The number of benzene rings is 1. The van der Waals surface area contributed by atoms with Gasteiger partial charge in [0, 0.05) is 30.3 Å².